The highest BCUT2D eigenvalue weighted by atomic mass is 16.1. The largest absolute Gasteiger partial charge is 0.377 e. The maximum atomic E-state index is 11.2. The van der Waals surface area contributed by atoms with E-state index < -0.39 is 0 Å². The Hall–Kier alpha value is -2.43. The van der Waals surface area contributed by atoms with E-state index in [1.807, 2.05) is 39.0 Å². The molecule has 2 N–H and O–H groups in total. The zero-order valence-electron chi connectivity index (χ0n) is 12.8. The van der Waals surface area contributed by atoms with Crippen LogP contribution in [-0.4, -0.2) is 15.9 Å². The van der Waals surface area contributed by atoms with E-state index in [4.69, 9.17) is 0 Å². The molecule has 2 rings (SSSR count). The van der Waals surface area contributed by atoms with Gasteiger partial charge < -0.3 is 10.6 Å². The van der Waals surface area contributed by atoms with Crippen LogP contribution in [0.25, 0.3) is 0 Å². The fraction of sp³-hybridized carbons (Fsp3) is 0.312. The zero-order valence-corrected chi connectivity index (χ0v) is 12.8. The van der Waals surface area contributed by atoms with Gasteiger partial charge >= 0.3 is 0 Å². The molecular weight excluding hydrogens is 264 g/mol. The minimum atomic E-state index is -0.0759. The number of carbonyl (C=O) groups is 1. The van der Waals surface area contributed by atoms with E-state index in [1.165, 1.54) is 6.92 Å². The van der Waals surface area contributed by atoms with Crippen LogP contribution < -0.4 is 10.6 Å². The second kappa shape index (κ2) is 6.35. The Kier molecular flexibility index (Phi) is 4.52. The predicted octanol–water partition coefficient (Wildman–Crippen LogP) is 3.22. The smallest absolute Gasteiger partial charge is 0.221 e. The first kappa shape index (κ1) is 15.0. The molecule has 0 saturated heterocycles. The Morgan fingerprint density at radius 2 is 1.90 bits per heavy atom. The lowest BCUT2D eigenvalue weighted by molar-refractivity contribution is -0.114. The van der Waals surface area contributed by atoms with Crippen LogP contribution in [0, 0.1) is 13.8 Å². The van der Waals surface area contributed by atoms with E-state index in [-0.39, 0.29) is 11.9 Å². The molecule has 1 amide bonds. The van der Waals surface area contributed by atoms with Gasteiger partial charge in [0.2, 0.25) is 5.91 Å². The molecule has 21 heavy (non-hydrogen) atoms. The first-order valence-corrected chi connectivity index (χ1v) is 6.89. The number of hydrogen-bond acceptors (Lipinski definition) is 4. The van der Waals surface area contributed by atoms with Crippen molar-refractivity contribution < 1.29 is 4.79 Å². The van der Waals surface area contributed by atoms with Gasteiger partial charge in [0.25, 0.3) is 0 Å². The third kappa shape index (κ3) is 3.78. The molecule has 5 nitrogen and oxygen atoms in total. The van der Waals surface area contributed by atoms with Crippen LogP contribution in [0.3, 0.4) is 0 Å². The van der Waals surface area contributed by atoms with Crippen LogP contribution >= 0.6 is 0 Å². The van der Waals surface area contributed by atoms with E-state index in [0.717, 1.165) is 28.3 Å². The molecule has 1 heterocycles. The standard InChI is InChI=1S/C16H20N4O/c1-10-5-6-14(9-15(10)20-13(4)21)19-12(3)16-11(2)17-7-8-18-16/h5-9,12,19H,1-4H3,(H,20,21). The minimum absolute atomic E-state index is 0.0339. The van der Waals surface area contributed by atoms with E-state index in [1.54, 1.807) is 12.4 Å². The molecule has 5 heteroatoms. The van der Waals surface area contributed by atoms with Crippen molar-refractivity contribution in [1.82, 2.24) is 9.97 Å². The first-order valence-electron chi connectivity index (χ1n) is 6.89. The molecule has 1 aromatic carbocycles. The van der Waals surface area contributed by atoms with Gasteiger partial charge in [-0.05, 0) is 38.5 Å². The lowest BCUT2D eigenvalue weighted by Gasteiger charge is -2.17. The molecule has 0 fully saturated rings. The van der Waals surface area contributed by atoms with Gasteiger partial charge in [-0.1, -0.05) is 6.07 Å². The fourth-order valence-corrected chi connectivity index (χ4v) is 2.20. The van der Waals surface area contributed by atoms with Gasteiger partial charge in [0, 0.05) is 30.7 Å². The van der Waals surface area contributed by atoms with Gasteiger partial charge in [-0.2, -0.15) is 0 Å². The van der Waals surface area contributed by atoms with Crippen molar-refractivity contribution in [2.45, 2.75) is 33.7 Å². The third-order valence-electron chi connectivity index (χ3n) is 3.26. The highest BCUT2D eigenvalue weighted by Crippen LogP contribution is 2.24. The molecule has 1 unspecified atom stereocenters. The van der Waals surface area contributed by atoms with Crippen LogP contribution in [-0.2, 0) is 4.79 Å². The number of benzene rings is 1. The van der Waals surface area contributed by atoms with Gasteiger partial charge in [-0.25, -0.2) is 0 Å². The summed E-state index contributed by atoms with van der Waals surface area (Å²) in [6.07, 6.45) is 3.38. The molecule has 0 radical (unpaired) electrons. The van der Waals surface area contributed by atoms with Crippen molar-refractivity contribution in [2.75, 3.05) is 10.6 Å². The Morgan fingerprint density at radius 3 is 2.57 bits per heavy atom. The molecule has 0 aliphatic heterocycles. The Morgan fingerprint density at radius 1 is 1.19 bits per heavy atom. The van der Waals surface area contributed by atoms with Gasteiger partial charge in [0.1, 0.15) is 0 Å². The minimum Gasteiger partial charge on any atom is -0.377 e. The summed E-state index contributed by atoms with van der Waals surface area (Å²) in [5.74, 6) is -0.0759. The van der Waals surface area contributed by atoms with Gasteiger partial charge in [0.05, 0.1) is 17.4 Å². The lowest BCUT2D eigenvalue weighted by Crippen LogP contribution is -2.12. The van der Waals surface area contributed by atoms with Crippen molar-refractivity contribution in [1.29, 1.82) is 0 Å². The van der Waals surface area contributed by atoms with E-state index >= 15 is 0 Å². The Bertz CT molecular complexity index is 654. The quantitative estimate of drug-likeness (QED) is 0.904. The number of carbonyl (C=O) groups excluding carboxylic acids is 1. The molecule has 1 aromatic heterocycles. The monoisotopic (exact) mass is 284 g/mol. The number of amides is 1. The van der Waals surface area contributed by atoms with E-state index in [2.05, 4.69) is 20.6 Å². The predicted molar refractivity (Wildman–Crippen MR) is 84.3 cm³/mol. The zero-order chi connectivity index (χ0) is 15.4. The van der Waals surface area contributed by atoms with Gasteiger partial charge in [-0.15, -0.1) is 0 Å². The number of nitrogens with zero attached hydrogens (tertiary/aromatic N) is 2. The van der Waals surface area contributed by atoms with Crippen LogP contribution in [0.5, 0.6) is 0 Å². The second-order valence-electron chi connectivity index (χ2n) is 5.10. The molecule has 0 saturated carbocycles. The third-order valence-corrected chi connectivity index (χ3v) is 3.26. The summed E-state index contributed by atoms with van der Waals surface area (Å²) in [5, 5.41) is 6.22. The van der Waals surface area contributed by atoms with Crippen molar-refractivity contribution >= 4 is 17.3 Å². The van der Waals surface area contributed by atoms with Gasteiger partial charge in [0.15, 0.2) is 0 Å². The second-order valence-corrected chi connectivity index (χ2v) is 5.10. The van der Waals surface area contributed by atoms with Crippen molar-refractivity contribution in [2.24, 2.45) is 0 Å². The molecule has 0 spiro atoms. The SMILES string of the molecule is CC(=O)Nc1cc(NC(C)c2nccnc2C)ccc1C. The summed E-state index contributed by atoms with van der Waals surface area (Å²) in [5.41, 5.74) is 4.60. The molecular formula is C16H20N4O. The summed E-state index contributed by atoms with van der Waals surface area (Å²) >= 11 is 0. The maximum absolute atomic E-state index is 11.2. The number of hydrogen-bond donors (Lipinski definition) is 2. The van der Waals surface area contributed by atoms with Crippen LogP contribution in [0.4, 0.5) is 11.4 Å². The summed E-state index contributed by atoms with van der Waals surface area (Å²) in [6, 6.07) is 5.93. The topological polar surface area (TPSA) is 66.9 Å². The highest BCUT2D eigenvalue weighted by molar-refractivity contribution is 5.90. The maximum Gasteiger partial charge on any atom is 0.221 e. The average Bonchev–Trinajstić information content (AvgIpc) is 2.42. The van der Waals surface area contributed by atoms with Crippen molar-refractivity contribution in [3.63, 3.8) is 0 Å². The number of nitrogens with one attached hydrogen (secondary N) is 2. The number of anilines is 2. The van der Waals surface area contributed by atoms with Crippen LogP contribution in [0.2, 0.25) is 0 Å². The molecule has 2 aromatic rings. The van der Waals surface area contributed by atoms with Gasteiger partial charge in [-0.3, -0.25) is 14.8 Å². The lowest BCUT2D eigenvalue weighted by atomic mass is 10.1. The number of aromatic nitrogens is 2. The molecule has 0 aliphatic rings. The normalized spacial score (nSPS) is 11.8. The summed E-state index contributed by atoms with van der Waals surface area (Å²) < 4.78 is 0. The number of aryl methyl sites for hydroxylation is 2. The van der Waals surface area contributed by atoms with Crippen molar-refractivity contribution in [3.05, 3.63) is 47.5 Å². The number of rotatable bonds is 4. The Balaban J connectivity index is 2.20. The van der Waals surface area contributed by atoms with Crippen molar-refractivity contribution in [3.8, 4) is 0 Å². The molecule has 0 bridgehead atoms. The summed E-state index contributed by atoms with van der Waals surface area (Å²) in [7, 11) is 0. The fourth-order valence-electron chi connectivity index (χ4n) is 2.20. The molecule has 110 valence electrons. The highest BCUT2D eigenvalue weighted by Gasteiger charge is 2.11. The van der Waals surface area contributed by atoms with Crippen LogP contribution in [0.1, 0.15) is 36.8 Å². The summed E-state index contributed by atoms with van der Waals surface area (Å²) in [6.45, 7) is 7.45. The Labute approximate surface area is 124 Å². The van der Waals surface area contributed by atoms with E-state index in [0.29, 0.717) is 0 Å². The first-order chi connectivity index (χ1) is 9.97. The van der Waals surface area contributed by atoms with E-state index in [9.17, 15) is 4.79 Å². The molecule has 0 aliphatic carbocycles. The average molecular weight is 284 g/mol. The molecule has 1 atom stereocenters. The van der Waals surface area contributed by atoms with Crippen LogP contribution in [0.15, 0.2) is 30.6 Å². The summed E-state index contributed by atoms with van der Waals surface area (Å²) in [4.78, 5) is 19.8.